The molecule has 7 nitrogen and oxygen atoms in total. The zero-order valence-corrected chi connectivity index (χ0v) is 13.9. The van der Waals surface area contributed by atoms with Crippen molar-refractivity contribution in [1.82, 2.24) is 15.1 Å². The molecule has 2 aliphatic rings. The van der Waals surface area contributed by atoms with Gasteiger partial charge in [-0.3, -0.25) is 14.5 Å². The second-order valence-electron chi connectivity index (χ2n) is 6.27. The van der Waals surface area contributed by atoms with Crippen molar-refractivity contribution in [3.63, 3.8) is 0 Å². The molecule has 0 radical (unpaired) electrons. The van der Waals surface area contributed by atoms with E-state index in [9.17, 15) is 9.59 Å². The number of piperidine rings is 1. The van der Waals surface area contributed by atoms with E-state index in [0.717, 1.165) is 45.7 Å². The Kier molecular flexibility index (Phi) is 5.87. The summed E-state index contributed by atoms with van der Waals surface area (Å²) in [6.07, 6.45) is 5.53. The van der Waals surface area contributed by atoms with Crippen LogP contribution >= 0.6 is 0 Å². The number of amides is 2. The van der Waals surface area contributed by atoms with Crippen molar-refractivity contribution in [3.8, 4) is 0 Å². The molecule has 3 heterocycles. The van der Waals surface area contributed by atoms with Crippen molar-refractivity contribution in [2.24, 2.45) is 0 Å². The second-order valence-corrected chi connectivity index (χ2v) is 6.27. The van der Waals surface area contributed by atoms with Crippen LogP contribution in [0.1, 0.15) is 29.6 Å². The largest absolute Gasteiger partial charge is 0.472 e. The zero-order chi connectivity index (χ0) is 16.8. The molecular weight excluding hydrogens is 310 g/mol. The minimum atomic E-state index is -0.383. The molecule has 0 bridgehead atoms. The zero-order valence-electron chi connectivity index (χ0n) is 13.9. The average molecular weight is 335 g/mol. The van der Waals surface area contributed by atoms with Gasteiger partial charge in [-0.05, 0) is 25.3 Å². The summed E-state index contributed by atoms with van der Waals surface area (Å²) in [6.45, 7) is 5.36. The van der Waals surface area contributed by atoms with Gasteiger partial charge >= 0.3 is 0 Å². The normalized spacial score (nSPS) is 22.3. The smallest absolute Gasteiger partial charge is 0.257 e. The fraction of sp³-hybridized carbons (Fsp3) is 0.647. The van der Waals surface area contributed by atoms with E-state index < -0.39 is 0 Å². The highest BCUT2D eigenvalue weighted by molar-refractivity contribution is 5.97. The van der Waals surface area contributed by atoms with E-state index in [1.807, 2.05) is 0 Å². The third-order valence-corrected chi connectivity index (χ3v) is 4.67. The summed E-state index contributed by atoms with van der Waals surface area (Å²) in [7, 11) is 0. The Hall–Kier alpha value is -1.86. The highest BCUT2D eigenvalue weighted by Crippen LogP contribution is 2.20. The summed E-state index contributed by atoms with van der Waals surface area (Å²) >= 11 is 0. The van der Waals surface area contributed by atoms with Gasteiger partial charge < -0.3 is 19.4 Å². The molecule has 1 aromatic rings. The van der Waals surface area contributed by atoms with Gasteiger partial charge in [-0.2, -0.15) is 0 Å². The number of ether oxygens (including phenoxy) is 1. The third-order valence-electron chi connectivity index (χ3n) is 4.67. The first-order valence-electron chi connectivity index (χ1n) is 8.66. The molecule has 1 aromatic heterocycles. The maximum atomic E-state index is 12.6. The molecule has 2 aliphatic heterocycles. The van der Waals surface area contributed by atoms with Crippen LogP contribution < -0.4 is 5.32 Å². The standard InChI is InChI=1S/C17H25N3O4/c21-16(18-5-7-19-8-11-23-12-9-19)15-3-1-2-6-20(15)17(22)14-4-10-24-13-14/h4,10,13,15H,1-3,5-9,11-12H2,(H,18,21)/t15-/m0/s1. The van der Waals surface area contributed by atoms with Crippen LogP contribution in [-0.4, -0.2) is 73.6 Å². The van der Waals surface area contributed by atoms with Gasteiger partial charge in [-0.1, -0.05) is 0 Å². The van der Waals surface area contributed by atoms with Crippen molar-refractivity contribution in [2.45, 2.75) is 25.3 Å². The van der Waals surface area contributed by atoms with Gasteiger partial charge in [0.05, 0.1) is 25.0 Å². The lowest BCUT2D eigenvalue weighted by Gasteiger charge is -2.34. The van der Waals surface area contributed by atoms with Gasteiger partial charge in [-0.25, -0.2) is 0 Å². The first kappa shape index (κ1) is 17.0. The molecule has 2 saturated heterocycles. The van der Waals surface area contributed by atoms with Gasteiger partial charge in [0.2, 0.25) is 5.91 Å². The summed E-state index contributed by atoms with van der Waals surface area (Å²) in [5.74, 6) is -0.184. The molecule has 24 heavy (non-hydrogen) atoms. The van der Waals surface area contributed by atoms with E-state index in [0.29, 0.717) is 25.1 Å². The van der Waals surface area contributed by atoms with E-state index in [1.165, 1.54) is 12.5 Å². The predicted molar refractivity (Wildman–Crippen MR) is 87.7 cm³/mol. The van der Waals surface area contributed by atoms with Crippen LogP contribution in [0.2, 0.25) is 0 Å². The Balaban J connectivity index is 1.52. The lowest BCUT2D eigenvalue weighted by Crippen LogP contribution is -2.53. The van der Waals surface area contributed by atoms with Crippen LogP contribution in [0.4, 0.5) is 0 Å². The topological polar surface area (TPSA) is 75.0 Å². The number of morpholine rings is 1. The van der Waals surface area contributed by atoms with E-state index in [2.05, 4.69) is 10.2 Å². The summed E-state index contributed by atoms with van der Waals surface area (Å²) in [5.41, 5.74) is 0.503. The molecule has 0 unspecified atom stereocenters. The lowest BCUT2D eigenvalue weighted by atomic mass is 10.0. The number of nitrogens with one attached hydrogen (secondary N) is 1. The third kappa shape index (κ3) is 4.15. The Morgan fingerprint density at radius 1 is 1.21 bits per heavy atom. The van der Waals surface area contributed by atoms with E-state index >= 15 is 0 Å². The number of hydrogen-bond donors (Lipinski definition) is 1. The van der Waals surface area contributed by atoms with Gasteiger partial charge in [-0.15, -0.1) is 0 Å². The molecule has 7 heteroatoms. The first-order valence-corrected chi connectivity index (χ1v) is 8.66. The van der Waals surface area contributed by atoms with Gasteiger partial charge in [0.15, 0.2) is 0 Å². The number of carbonyl (C=O) groups is 2. The van der Waals surface area contributed by atoms with Crippen LogP contribution in [0, 0.1) is 0 Å². The van der Waals surface area contributed by atoms with Crippen molar-refractivity contribution < 1.29 is 18.7 Å². The van der Waals surface area contributed by atoms with Crippen LogP contribution in [0.15, 0.2) is 23.0 Å². The molecule has 132 valence electrons. The van der Waals surface area contributed by atoms with Gasteiger partial charge in [0.25, 0.3) is 5.91 Å². The SMILES string of the molecule is O=C(NCCN1CCOCC1)[C@@H]1CCCCN1C(=O)c1ccoc1. The molecule has 0 spiro atoms. The summed E-state index contributed by atoms with van der Waals surface area (Å²) in [5, 5.41) is 2.99. The quantitative estimate of drug-likeness (QED) is 0.858. The van der Waals surface area contributed by atoms with Crippen molar-refractivity contribution in [3.05, 3.63) is 24.2 Å². The molecule has 2 amide bonds. The Morgan fingerprint density at radius 3 is 2.79 bits per heavy atom. The maximum absolute atomic E-state index is 12.6. The Bertz CT molecular complexity index is 540. The Morgan fingerprint density at radius 2 is 2.04 bits per heavy atom. The van der Waals surface area contributed by atoms with Crippen molar-refractivity contribution >= 4 is 11.8 Å². The summed E-state index contributed by atoms with van der Waals surface area (Å²) < 4.78 is 10.3. The van der Waals surface area contributed by atoms with Gasteiger partial charge in [0.1, 0.15) is 12.3 Å². The van der Waals surface area contributed by atoms with Crippen LogP contribution in [0.3, 0.4) is 0 Å². The lowest BCUT2D eigenvalue weighted by molar-refractivity contribution is -0.126. The fourth-order valence-corrected chi connectivity index (χ4v) is 3.28. The number of likely N-dealkylation sites (tertiary alicyclic amines) is 1. The number of furan rings is 1. The molecule has 3 rings (SSSR count). The van der Waals surface area contributed by atoms with Gasteiger partial charge in [0, 0.05) is 32.7 Å². The Labute approximate surface area is 141 Å². The fourth-order valence-electron chi connectivity index (χ4n) is 3.28. The van der Waals surface area contributed by atoms with Crippen molar-refractivity contribution in [1.29, 1.82) is 0 Å². The number of nitrogens with zero attached hydrogens (tertiary/aromatic N) is 2. The predicted octanol–water partition coefficient (Wildman–Crippen LogP) is 0.723. The first-order chi connectivity index (χ1) is 11.8. The minimum absolute atomic E-state index is 0.0557. The molecule has 2 fully saturated rings. The monoisotopic (exact) mass is 335 g/mol. The molecule has 0 aliphatic carbocycles. The molecular formula is C17H25N3O4. The highest BCUT2D eigenvalue weighted by atomic mass is 16.5. The van der Waals surface area contributed by atoms with E-state index in [4.69, 9.17) is 9.15 Å². The number of carbonyl (C=O) groups excluding carboxylic acids is 2. The summed E-state index contributed by atoms with van der Waals surface area (Å²) in [6, 6.07) is 1.26. The number of hydrogen-bond acceptors (Lipinski definition) is 5. The molecule has 0 aromatic carbocycles. The second kappa shape index (κ2) is 8.30. The molecule has 1 atom stereocenters. The van der Waals surface area contributed by atoms with Crippen LogP contribution in [0.25, 0.3) is 0 Å². The van der Waals surface area contributed by atoms with E-state index in [-0.39, 0.29) is 17.9 Å². The summed E-state index contributed by atoms with van der Waals surface area (Å²) in [4.78, 5) is 29.1. The molecule has 0 saturated carbocycles. The van der Waals surface area contributed by atoms with E-state index in [1.54, 1.807) is 11.0 Å². The number of rotatable bonds is 5. The maximum Gasteiger partial charge on any atom is 0.257 e. The molecule has 1 N–H and O–H groups in total. The van der Waals surface area contributed by atoms with Crippen LogP contribution in [0.5, 0.6) is 0 Å². The van der Waals surface area contributed by atoms with Crippen molar-refractivity contribution in [2.75, 3.05) is 45.9 Å². The average Bonchev–Trinajstić information content (AvgIpc) is 3.16. The highest BCUT2D eigenvalue weighted by Gasteiger charge is 2.32. The minimum Gasteiger partial charge on any atom is -0.472 e. The van der Waals surface area contributed by atoms with Crippen LogP contribution in [-0.2, 0) is 9.53 Å².